The first kappa shape index (κ1) is 14.3. The first-order valence-corrected chi connectivity index (χ1v) is 5.51. The van der Waals surface area contributed by atoms with Crippen molar-refractivity contribution in [3.05, 3.63) is 46.3 Å². The number of ether oxygens (including phenoxy) is 1. The third-order valence-corrected chi connectivity index (χ3v) is 2.07. The van der Waals surface area contributed by atoms with Gasteiger partial charge in [-0.1, -0.05) is 30.3 Å². The second-order valence-electron chi connectivity index (χ2n) is 3.35. The Balaban J connectivity index is 2.82. The molecule has 0 heterocycles. The first-order valence-electron chi connectivity index (χ1n) is 5.51. The van der Waals surface area contributed by atoms with Crippen molar-refractivity contribution >= 4 is 12.1 Å². The van der Waals surface area contributed by atoms with Crippen LogP contribution in [0, 0.1) is 0 Å². The average Bonchev–Trinajstić information content (AvgIpc) is 2.39. The number of nitrogens with zero attached hydrogens (tertiary/aromatic N) is 3. The van der Waals surface area contributed by atoms with E-state index in [2.05, 4.69) is 20.7 Å². The minimum atomic E-state index is -0.895. The van der Waals surface area contributed by atoms with Crippen LogP contribution >= 0.6 is 0 Å². The SMILES string of the molecule is CCOC(=O)N[C@H](NC(=O)N=[N+]=[N-])c1ccccc1. The number of rotatable bonds is 4. The maximum Gasteiger partial charge on any atom is 0.409 e. The molecule has 8 heteroatoms. The summed E-state index contributed by atoms with van der Waals surface area (Å²) in [7, 11) is 0. The Morgan fingerprint density at radius 2 is 2.05 bits per heavy atom. The van der Waals surface area contributed by atoms with Crippen molar-refractivity contribution in [1.82, 2.24) is 10.6 Å². The van der Waals surface area contributed by atoms with E-state index in [0.717, 1.165) is 0 Å². The summed E-state index contributed by atoms with van der Waals surface area (Å²) in [5, 5.41) is 7.68. The molecule has 100 valence electrons. The lowest BCUT2D eigenvalue weighted by Crippen LogP contribution is -2.40. The van der Waals surface area contributed by atoms with Crippen LogP contribution in [0.3, 0.4) is 0 Å². The average molecular weight is 263 g/mol. The van der Waals surface area contributed by atoms with Crippen molar-refractivity contribution in [3.63, 3.8) is 0 Å². The van der Waals surface area contributed by atoms with Gasteiger partial charge >= 0.3 is 12.1 Å². The molecule has 0 aromatic heterocycles. The van der Waals surface area contributed by atoms with Crippen molar-refractivity contribution in [2.24, 2.45) is 5.11 Å². The van der Waals surface area contributed by atoms with Gasteiger partial charge in [0, 0.05) is 10.0 Å². The van der Waals surface area contributed by atoms with Crippen LogP contribution in [-0.4, -0.2) is 18.7 Å². The Kier molecular flexibility index (Phi) is 5.71. The fourth-order valence-corrected chi connectivity index (χ4v) is 1.33. The van der Waals surface area contributed by atoms with E-state index in [-0.39, 0.29) is 6.61 Å². The zero-order chi connectivity index (χ0) is 14.1. The van der Waals surface area contributed by atoms with Gasteiger partial charge in [0.25, 0.3) is 0 Å². The van der Waals surface area contributed by atoms with Gasteiger partial charge in [-0.05, 0) is 18.0 Å². The standard InChI is InChI=1S/C11H13N5O3/c1-2-19-11(18)14-9(13-10(17)15-16-12)8-6-4-3-5-7-8/h3-7,9H,2H2,1H3,(H,13,17)(H,14,18)/t9-/m0/s1. The molecule has 0 radical (unpaired) electrons. The zero-order valence-corrected chi connectivity index (χ0v) is 10.2. The number of nitrogens with one attached hydrogen (secondary N) is 2. The number of carbonyl (C=O) groups is 2. The molecule has 0 aliphatic rings. The van der Waals surface area contributed by atoms with E-state index >= 15 is 0 Å². The summed E-state index contributed by atoms with van der Waals surface area (Å²) in [5.74, 6) is 0. The van der Waals surface area contributed by atoms with E-state index in [1.54, 1.807) is 37.3 Å². The van der Waals surface area contributed by atoms with Crippen molar-refractivity contribution in [2.45, 2.75) is 13.1 Å². The minimum absolute atomic E-state index is 0.206. The smallest absolute Gasteiger partial charge is 0.409 e. The largest absolute Gasteiger partial charge is 0.450 e. The van der Waals surface area contributed by atoms with E-state index in [1.165, 1.54) is 0 Å². The first-order chi connectivity index (χ1) is 9.17. The molecule has 1 aromatic carbocycles. The molecule has 1 aromatic rings. The Morgan fingerprint density at radius 3 is 2.63 bits per heavy atom. The third-order valence-electron chi connectivity index (χ3n) is 2.07. The predicted octanol–water partition coefficient (Wildman–Crippen LogP) is 2.45. The fourth-order valence-electron chi connectivity index (χ4n) is 1.33. The summed E-state index contributed by atoms with van der Waals surface area (Å²) < 4.78 is 4.73. The lowest BCUT2D eigenvalue weighted by Gasteiger charge is -2.19. The van der Waals surface area contributed by atoms with E-state index in [9.17, 15) is 9.59 Å². The van der Waals surface area contributed by atoms with Gasteiger partial charge in [-0.25, -0.2) is 4.79 Å². The summed E-state index contributed by atoms with van der Waals surface area (Å²) in [5.41, 5.74) is 8.79. The number of alkyl carbamates (subject to hydrolysis) is 1. The third kappa shape index (κ3) is 4.97. The molecule has 19 heavy (non-hydrogen) atoms. The van der Waals surface area contributed by atoms with Gasteiger partial charge in [0.15, 0.2) is 0 Å². The maximum absolute atomic E-state index is 11.4. The molecule has 0 aliphatic carbocycles. The van der Waals surface area contributed by atoms with E-state index < -0.39 is 18.3 Å². The number of urea groups is 1. The number of hydrogen-bond donors (Lipinski definition) is 2. The number of hydrogen-bond acceptors (Lipinski definition) is 3. The summed E-state index contributed by atoms with van der Waals surface area (Å²) >= 11 is 0. The summed E-state index contributed by atoms with van der Waals surface area (Å²) in [6.45, 7) is 1.87. The van der Waals surface area contributed by atoms with E-state index in [4.69, 9.17) is 10.3 Å². The quantitative estimate of drug-likeness (QED) is 0.376. The lowest BCUT2D eigenvalue weighted by molar-refractivity contribution is 0.146. The van der Waals surface area contributed by atoms with Gasteiger partial charge in [-0.15, -0.1) is 0 Å². The Hall–Kier alpha value is -2.73. The highest BCUT2D eigenvalue weighted by Gasteiger charge is 2.16. The predicted molar refractivity (Wildman–Crippen MR) is 67.0 cm³/mol. The molecule has 1 atom stereocenters. The summed E-state index contributed by atoms with van der Waals surface area (Å²) in [4.78, 5) is 25.0. The van der Waals surface area contributed by atoms with E-state index in [1.807, 2.05) is 0 Å². The monoisotopic (exact) mass is 263 g/mol. The number of azide groups is 1. The normalized spacial score (nSPS) is 10.8. The topological polar surface area (TPSA) is 116 Å². The Bertz CT molecular complexity index is 484. The van der Waals surface area contributed by atoms with Crippen LogP contribution in [-0.2, 0) is 4.74 Å². The van der Waals surface area contributed by atoms with Crippen LogP contribution in [0.1, 0.15) is 18.7 Å². The summed E-state index contributed by atoms with van der Waals surface area (Å²) in [6.07, 6.45) is -1.52. The van der Waals surface area contributed by atoms with Crippen LogP contribution < -0.4 is 10.6 Å². The van der Waals surface area contributed by atoms with Crippen molar-refractivity contribution in [3.8, 4) is 0 Å². The molecule has 3 amide bonds. The zero-order valence-electron chi connectivity index (χ0n) is 10.2. The molecule has 1 rings (SSSR count). The second-order valence-corrected chi connectivity index (χ2v) is 3.35. The molecular weight excluding hydrogens is 250 g/mol. The number of carbonyl (C=O) groups excluding carboxylic acids is 2. The minimum Gasteiger partial charge on any atom is -0.450 e. The van der Waals surface area contributed by atoms with Gasteiger partial charge in [0.1, 0.15) is 6.17 Å². The second kappa shape index (κ2) is 7.57. The van der Waals surface area contributed by atoms with Crippen molar-refractivity contribution in [1.29, 1.82) is 0 Å². The fraction of sp³-hybridized carbons (Fsp3) is 0.273. The molecule has 0 saturated carbocycles. The molecule has 0 bridgehead atoms. The number of benzene rings is 1. The highest BCUT2D eigenvalue weighted by molar-refractivity contribution is 5.76. The van der Waals surface area contributed by atoms with Crippen LogP contribution in [0.25, 0.3) is 10.4 Å². The molecule has 0 aliphatic heterocycles. The van der Waals surface area contributed by atoms with Gasteiger partial charge < -0.3 is 10.1 Å². The van der Waals surface area contributed by atoms with Gasteiger partial charge in [0.2, 0.25) is 0 Å². The highest BCUT2D eigenvalue weighted by Crippen LogP contribution is 2.10. The van der Waals surface area contributed by atoms with Crippen LogP contribution in [0.15, 0.2) is 35.4 Å². The van der Waals surface area contributed by atoms with E-state index in [0.29, 0.717) is 5.56 Å². The highest BCUT2D eigenvalue weighted by atomic mass is 16.5. The maximum atomic E-state index is 11.4. The van der Waals surface area contributed by atoms with Crippen molar-refractivity contribution in [2.75, 3.05) is 6.61 Å². The van der Waals surface area contributed by atoms with Crippen LogP contribution in [0.2, 0.25) is 0 Å². The van der Waals surface area contributed by atoms with Crippen LogP contribution in [0.4, 0.5) is 9.59 Å². The van der Waals surface area contributed by atoms with Crippen molar-refractivity contribution < 1.29 is 14.3 Å². The molecular formula is C11H13N5O3. The van der Waals surface area contributed by atoms with Gasteiger partial charge in [0.05, 0.1) is 6.61 Å². The Labute approximate surface area is 109 Å². The molecule has 0 saturated heterocycles. The molecule has 0 spiro atoms. The lowest BCUT2D eigenvalue weighted by atomic mass is 10.2. The number of amides is 3. The van der Waals surface area contributed by atoms with Gasteiger partial charge in [-0.2, -0.15) is 0 Å². The van der Waals surface area contributed by atoms with Gasteiger partial charge in [-0.3, -0.25) is 10.1 Å². The molecule has 8 nitrogen and oxygen atoms in total. The Morgan fingerprint density at radius 1 is 1.37 bits per heavy atom. The van der Waals surface area contributed by atoms with Crippen LogP contribution in [0.5, 0.6) is 0 Å². The molecule has 2 N–H and O–H groups in total. The molecule has 0 unspecified atom stereocenters. The summed E-state index contributed by atoms with van der Waals surface area (Å²) in [6, 6.07) is 7.79. The molecule has 0 fully saturated rings.